The molecular formula is C14H19N3O3S. The van der Waals surface area contributed by atoms with Gasteiger partial charge >= 0.3 is 0 Å². The molecule has 0 saturated carbocycles. The maximum absolute atomic E-state index is 12.3. The Hall–Kier alpha value is -1.46. The van der Waals surface area contributed by atoms with Crippen molar-refractivity contribution in [2.24, 2.45) is 0 Å². The summed E-state index contributed by atoms with van der Waals surface area (Å²) in [5, 5.41) is 8.88. The number of ether oxygens (including phenoxy) is 1. The molecular weight excluding hydrogens is 290 g/mol. The van der Waals surface area contributed by atoms with Crippen molar-refractivity contribution in [1.29, 1.82) is 5.26 Å². The van der Waals surface area contributed by atoms with Gasteiger partial charge in [-0.05, 0) is 24.6 Å². The van der Waals surface area contributed by atoms with Gasteiger partial charge in [0.15, 0.2) is 0 Å². The van der Waals surface area contributed by atoms with E-state index in [2.05, 4.69) is 9.62 Å². The summed E-state index contributed by atoms with van der Waals surface area (Å²) >= 11 is 0. The molecule has 21 heavy (non-hydrogen) atoms. The summed E-state index contributed by atoms with van der Waals surface area (Å²) < 4.78 is 32.4. The van der Waals surface area contributed by atoms with E-state index < -0.39 is 10.0 Å². The number of morpholine rings is 1. The maximum Gasteiger partial charge on any atom is 0.240 e. The SMILES string of the molecule is Cc1ccc(C#N)cc1S(=O)(=O)NCCN1CCOCC1. The van der Waals surface area contributed by atoms with Gasteiger partial charge in [-0.2, -0.15) is 5.26 Å². The molecule has 0 aromatic heterocycles. The van der Waals surface area contributed by atoms with E-state index in [1.54, 1.807) is 19.1 Å². The first-order valence-electron chi connectivity index (χ1n) is 6.83. The zero-order valence-corrected chi connectivity index (χ0v) is 12.8. The summed E-state index contributed by atoms with van der Waals surface area (Å²) in [5.74, 6) is 0. The summed E-state index contributed by atoms with van der Waals surface area (Å²) in [6, 6.07) is 6.63. The third kappa shape index (κ3) is 4.25. The van der Waals surface area contributed by atoms with E-state index in [-0.39, 0.29) is 4.90 Å². The Morgan fingerprint density at radius 3 is 2.76 bits per heavy atom. The van der Waals surface area contributed by atoms with Crippen LogP contribution >= 0.6 is 0 Å². The Morgan fingerprint density at radius 2 is 2.10 bits per heavy atom. The van der Waals surface area contributed by atoms with Crippen LogP contribution in [0.2, 0.25) is 0 Å². The van der Waals surface area contributed by atoms with Crippen LogP contribution in [0.5, 0.6) is 0 Å². The van der Waals surface area contributed by atoms with Crippen molar-refractivity contribution in [1.82, 2.24) is 9.62 Å². The van der Waals surface area contributed by atoms with Gasteiger partial charge in [-0.25, -0.2) is 13.1 Å². The Kier molecular flexibility index (Phi) is 5.31. The maximum atomic E-state index is 12.3. The number of rotatable bonds is 5. The van der Waals surface area contributed by atoms with Gasteiger partial charge in [-0.3, -0.25) is 4.90 Å². The summed E-state index contributed by atoms with van der Waals surface area (Å²) in [6.45, 7) is 5.75. The summed E-state index contributed by atoms with van der Waals surface area (Å²) in [5.41, 5.74) is 0.974. The molecule has 1 fully saturated rings. The van der Waals surface area contributed by atoms with Gasteiger partial charge in [-0.15, -0.1) is 0 Å². The molecule has 114 valence electrons. The lowest BCUT2D eigenvalue weighted by Crippen LogP contribution is -2.41. The molecule has 1 aromatic carbocycles. The monoisotopic (exact) mass is 309 g/mol. The Balaban J connectivity index is 1.99. The lowest BCUT2D eigenvalue weighted by molar-refractivity contribution is 0.0390. The third-order valence-corrected chi connectivity index (χ3v) is 5.03. The van der Waals surface area contributed by atoms with E-state index >= 15 is 0 Å². The third-order valence-electron chi connectivity index (χ3n) is 3.43. The minimum Gasteiger partial charge on any atom is -0.379 e. The lowest BCUT2D eigenvalue weighted by Gasteiger charge is -2.26. The van der Waals surface area contributed by atoms with E-state index in [1.165, 1.54) is 6.07 Å². The Morgan fingerprint density at radius 1 is 1.38 bits per heavy atom. The van der Waals surface area contributed by atoms with E-state index in [0.29, 0.717) is 37.4 Å². The van der Waals surface area contributed by atoms with Crippen molar-refractivity contribution in [2.75, 3.05) is 39.4 Å². The first-order valence-corrected chi connectivity index (χ1v) is 8.32. The van der Waals surface area contributed by atoms with Crippen molar-refractivity contribution in [3.05, 3.63) is 29.3 Å². The molecule has 7 heteroatoms. The number of nitriles is 1. The van der Waals surface area contributed by atoms with Crippen molar-refractivity contribution >= 4 is 10.0 Å². The van der Waals surface area contributed by atoms with Gasteiger partial charge in [0.2, 0.25) is 10.0 Å². The number of nitrogens with one attached hydrogen (secondary N) is 1. The van der Waals surface area contributed by atoms with Crippen LogP contribution < -0.4 is 4.72 Å². The minimum absolute atomic E-state index is 0.170. The molecule has 0 bridgehead atoms. The highest BCUT2D eigenvalue weighted by atomic mass is 32.2. The van der Waals surface area contributed by atoms with Crippen LogP contribution in [-0.2, 0) is 14.8 Å². The van der Waals surface area contributed by atoms with Gasteiger partial charge in [0.1, 0.15) is 0 Å². The first kappa shape index (κ1) is 15.9. The van der Waals surface area contributed by atoms with Crippen LogP contribution in [0.4, 0.5) is 0 Å². The topological polar surface area (TPSA) is 82.4 Å². The fourth-order valence-electron chi connectivity index (χ4n) is 2.20. The van der Waals surface area contributed by atoms with E-state index in [0.717, 1.165) is 13.1 Å². The van der Waals surface area contributed by atoms with Crippen molar-refractivity contribution < 1.29 is 13.2 Å². The number of nitrogens with zero attached hydrogens (tertiary/aromatic N) is 2. The summed E-state index contributed by atoms with van der Waals surface area (Å²) in [6.07, 6.45) is 0. The quantitative estimate of drug-likeness (QED) is 0.855. The second-order valence-electron chi connectivity index (χ2n) is 4.94. The summed E-state index contributed by atoms with van der Waals surface area (Å²) in [7, 11) is -3.58. The van der Waals surface area contributed by atoms with Crippen LogP contribution in [-0.4, -0.2) is 52.7 Å². The zero-order valence-electron chi connectivity index (χ0n) is 12.0. The van der Waals surface area contributed by atoms with E-state index in [1.807, 2.05) is 6.07 Å². The summed E-state index contributed by atoms with van der Waals surface area (Å²) in [4.78, 5) is 2.33. The highest BCUT2D eigenvalue weighted by Crippen LogP contribution is 2.16. The molecule has 0 spiro atoms. The number of aryl methyl sites for hydroxylation is 1. The molecule has 1 aromatic rings. The molecule has 2 rings (SSSR count). The van der Waals surface area contributed by atoms with Gasteiger partial charge in [0.25, 0.3) is 0 Å². The average molecular weight is 309 g/mol. The molecule has 0 radical (unpaired) electrons. The molecule has 1 heterocycles. The standard InChI is InChI=1S/C14H19N3O3S/c1-12-2-3-13(11-15)10-14(12)21(18,19)16-4-5-17-6-8-20-9-7-17/h2-3,10,16H,4-9H2,1H3. The average Bonchev–Trinajstić information content (AvgIpc) is 2.48. The van der Waals surface area contributed by atoms with Gasteiger partial charge in [0.05, 0.1) is 29.7 Å². The molecule has 0 unspecified atom stereocenters. The molecule has 0 aliphatic carbocycles. The van der Waals surface area contributed by atoms with Gasteiger partial charge < -0.3 is 4.74 Å². The molecule has 1 aliphatic rings. The predicted molar refractivity (Wildman–Crippen MR) is 78.3 cm³/mol. The molecule has 1 N–H and O–H groups in total. The van der Waals surface area contributed by atoms with Crippen molar-refractivity contribution in [3.8, 4) is 6.07 Å². The minimum atomic E-state index is -3.58. The predicted octanol–water partition coefficient (Wildman–Crippen LogP) is 0.477. The van der Waals surface area contributed by atoms with Crippen LogP contribution in [0.15, 0.2) is 23.1 Å². The Labute approximate surface area is 125 Å². The molecule has 6 nitrogen and oxygen atoms in total. The second-order valence-corrected chi connectivity index (χ2v) is 6.68. The number of sulfonamides is 1. The zero-order chi connectivity index (χ0) is 15.3. The first-order chi connectivity index (χ1) is 10.0. The smallest absolute Gasteiger partial charge is 0.240 e. The van der Waals surface area contributed by atoms with Gasteiger partial charge in [0, 0.05) is 26.2 Å². The largest absolute Gasteiger partial charge is 0.379 e. The number of benzene rings is 1. The fraction of sp³-hybridized carbons (Fsp3) is 0.500. The van der Waals surface area contributed by atoms with E-state index in [4.69, 9.17) is 10.00 Å². The van der Waals surface area contributed by atoms with Crippen LogP contribution in [0.1, 0.15) is 11.1 Å². The molecule has 1 saturated heterocycles. The highest BCUT2D eigenvalue weighted by Gasteiger charge is 2.18. The molecule has 0 atom stereocenters. The number of hydrogen-bond acceptors (Lipinski definition) is 5. The van der Waals surface area contributed by atoms with Crippen LogP contribution in [0, 0.1) is 18.3 Å². The Bertz CT molecular complexity index is 631. The van der Waals surface area contributed by atoms with Gasteiger partial charge in [-0.1, -0.05) is 6.07 Å². The second kappa shape index (κ2) is 7.00. The van der Waals surface area contributed by atoms with E-state index in [9.17, 15) is 8.42 Å². The van der Waals surface area contributed by atoms with Crippen LogP contribution in [0.25, 0.3) is 0 Å². The lowest BCUT2D eigenvalue weighted by atomic mass is 10.2. The normalized spacial score (nSPS) is 16.6. The van der Waals surface area contributed by atoms with Crippen molar-refractivity contribution in [2.45, 2.75) is 11.8 Å². The molecule has 1 aliphatic heterocycles. The van der Waals surface area contributed by atoms with Crippen LogP contribution in [0.3, 0.4) is 0 Å². The fourth-order valence-corrected chi connectivity index (χ4v) is 3.49. The highest BCUT2D eigenvalue weighted by molar-refractivity contribution is 7.89. The molecule has 0 amide bonds. The number of hydrogen-bond donors (Lipinski definition) is 1. The van der Waals surface area contributed by atoms with Crippen molar-refractivity contribution in [3.63, 3.8) is 0 Å².